The zero-order valence-corrected chi connectivity index (χ0v) is 18.4. The maximum atomic E-state index is 13.4. The smallest absolute Gasteiger partial charge is 0.208 e. The topological polar surface area (TPSA) is 42.3 Å². The van der Waals surface area contributed by atoms with Crippen molar-refractivity contribution < 1.29 is 8.42 Å². The van der Waals surface area contributed by atoms with E-state index in [4.69, 9.17) is 0 Å². The summed E-state index contributed by atoms with van der Waals surface area (Å²) < 4.78 is 29.0. The molecule has 158 valence electrons. The molecule has 5 heteroatoms. The molecule has 0 aliphatic carbocycles. The normalized spacial score (nSPS) is 18.4. The van der Waals surface area contributed by atoms with E-state index in [1.165, 1.54) is 5.56 Å². The van der Waals surface area contributed by atoms with Gasteiger partial charge in [0, 0.05) is 42.3 Å². The van der Waals surface area contributed by atoms with Crippen LogP contribution in [0.25, 0.3) is 10.9 Å². The number of likely N-dealkylation sites (tertiary alicyclic amines) is 1. The Bertz CT molecular complexity index is 1300. The lowest BCUT2D eigenvalue weighted by Crippen LogP contribution is -2.25. The Morgan fingerprint density at radius 1 is 0.871 bits per heavy atom. The van der Waals surface area contributed by atoms with E-state index in [1.54, 1.807) is 24.3 Å². The van der Waals surface area contributed by atoms with Crippen LogP contribution in [0.15, 0.2) is 101 Å². The van der Waals surface area contributed by atoms with Crippen molar-refractivity contribution >= 4 is 20.7 Å². The van der Waals surface area contributed by atoms with E-state index in [2.05, 4.69) is 40.7 Å². The van der Waals surface area contributed by atoms with Gasteiger partial charge in [0.2, 0.25) is 9.84 Å². The van der Waals surface area contributed by atoms with Crippen molar-refractivity contribution in [1.82, 2.24) is 9.47 Å². The molecule has 1 aromatic heterocycles. The van der Waals surface area contributed by atoms with Crippen LogP contribution in [0.3, 0.4) is 0 Å². The van der Waals surface area contributed by atoms with Gasteiger partial charge in [-0.2, -0.15) is 0 Å². The third-order valence-corrected chi connectivity index (χ3v) is 8.26. The molecule has 0 amide bonds. The summed E-state index contributed by atoms with van der Waals surface area (Å²) in [6, 6.07) is 27.7. The van der Waals surface area contributed by atoms with Crippen molar-refractivity contribution in [2.45, 2.75) is 35.2 Å². The first-order valence-electron chi connectivity index (χ1n) is 10.7. The Morgan fingerprint density at radius 2 is 1.52 bits per heavy atom. The van der Waals surface area contributed by atoms with Gasteiger partial charge in [-0.05, 0) is 37.1 Å². The first-order chi connectivity index (χ1) is 15.1. The molecule has 0 spiro atoms. The molecule has 3 aromatic carbocycles. The zero-order valence-electron chi connectivity index (χ0n) is 17.6. The number of rotatable bonds is 5. The Hall–Kier alpha value is -2.89. The fourth-order valence-corrected chi connectivity index (χ4v) is 6.19. The lowest BCUT2D eigenvalue weighted by atomic mass is 10.1. The lowest BCUT2D eigenvalue weighted by Gasteiger charge is -2.25. The SMILES string of the molecule is CC(c1ccccc1)N1CCC(n2cc(S(=O)(=O)c3ccccc3)c3ccccc32)C1. The van der Waals surface area contributed by atoms with Crippen LogP contribution in [0, 0.1) is 0 Å². The Morgan fingerprint density at radius 3 is 2.26 bits per heavy atom. The summed E-state index contributed by atoms with van der Waals surface area (Å²) in [7, 11) is -3.58. The molecule has 5 rings (SSSR count). The van der Waals surface area contributed by atoms with Crippen molar-refractivity contribution in [1.29, 1.82) is 0 Å². The summed E-state index contributed by atoms with van der Waals surface area (Å²) in [5.41, 5.74) is 2.30. The second-order valence-electron chi connectivity index (χ2n) is 8.26. The molecule has 0 N–H and O–H groups in total. The van der Waals surface area contributed by atoms with E-state index in [0.717, 1.165) is 30.4 Å². The fourth-order valence-electron chi connectivity index (χ4n) is 4.70. The van der Waals surface area contributed by atoms with Gasteiger partial charge in [-0.25, -0.2) is 8.42 Å². The van der Waals surface area contributed by atoms with Crippen LogP contribution in [0.5, 0.6) is 0 Å². The van der Waals surface area contributed by atoms with E-state index in [0.29, 0.717) is 15.8 Å². The number of benzene rings is 3. The predicted octanol–water partition coefficient (Wildman–Crippen LogP) is 5.48. The van der Waals surface area contributed by atoms with Crippen LogP contribution in [0.2, 0.25) is 0 Å². The van der Waals surface area contributed by atoms with E-state index < -0.39 is 9.84 Å². The Balaban J connectivity index is 1.51. The molecule has 0 bridgehead atoms. The highest BCUT2D eigenvalue weighted by Crippen LogP contribution is 2.36. The Labute approximate surface area is 183 Å². The zero-order chi connectivity index (χ0) is 21.4. The van der Waals surface area contributed by atoms with Gasteiger partial charge in [0.05, 0.1) is 9.79 Å². The molecule has 1 aliphatic heterocycles. The average Bonchev–Trinajstić information content (AvgIpc) is 3.45. The highest BCUT2D eigenvalue weighted by atomic mass is 32.2. The monoisotopic (exact) mass is 430 g/mol. The second kappa shape index (κ2) is 7.98. The highest BCUT2D eigenvalue weighted by molar-refractivity contribution is 7.91. The van der Waals surface area contributed by atoms with Crippen LogP contribution in [-0.2, 0) is 9.84 Å². The molecule has 2 heterocycles. The van der Waals surface area contributed by atoms with Crippen molar-refractivity contribution in [3.8, 4) is 0 Å². The molecule has 4 aromatic rings. The van der Waals surface area contributed by atoms with Crippen molar-refractivity contribution in [3.05, 3.63) is 96.7 Å². The van der Waals surface area contributed by atoms with E-state index in [1.807, 2.05) is 42.6 Å². The third kappa shape index (κ3) is 3.58. The minimum absolute atomic E-state index is 0.246. The summed E-state index contributed by atoms with van der Waals surface area (Å²) in [6.07, 6.45) is 2.86. The molecular formula is C26H26N2O2S. The summed E-state index contributed by atoms with van der Waals surface area (Å²) >= 11 is 0. The molecule has 0 saturated carbocycles. The molecule has 31 heavy (non-hydrogen) atoms. The van der Waals surface area contributed by atoms with Crippen molar-refractivity contribution in [2.24, 2.45) is 0 Å². The molecular weight excluding hydrogens is 404 g/mol. The highest BCUT2D eigenvalue weighted by Gasteiger charge is 2.31. The maximum Gasteiger partial charge on any atom is 0.208 e. The van der Waals surface area contributed by atoms with Crippen LogP contribution >= 0.6 is 0 Å². The number of para-hydroxylation sites is 1. The molecule has 4 nitrogen and oxygen atoms in total. The van der Waals surface area contributed by atoms with E-state index in [-0.39, 0.29) is 6.04 Å². The van der Waals surface area contributed by atoms with Gasteiger partial charge in [-0.1, -0.05) is 66.7 Å². The number of sulfone groups is 1. The van der Waals surface area contributed by atoms with Gasteiger partial charge in [-0.15, -0.1) is 0 Å². The van der Waals surface area contributed by atoms with Crippen molar-refractivity contribution in [3.63, 3.8) is 0 Å². The molecule has 1 aliphatic rings. The minimum atomic E-state index is -3.58. The number of nitrogens with zero attached hydrogens (tertiary/aromatic N) is 2. The molecule has 2 atom stereocenters. The van der Waals surface area contributed by atoms with Crippen molar-refractivity contribution in [2.75, 3.05) is 13.1 Å². The molecule has 2 unspecified atom stereocenters. The first-order valence-corrected chi connectivity index (χ1v) is 12.2. The minimum Gasteiger partial charge on any atom is -0.342 e. The molecule has 0 radical (unpaired) electrons. The van der Waals surface area contributed by atoms with Gasteiger partial charge in [-0.3, -0.25) is 4.90 Å². The van der Waals surface area contributed by atoms with Crippen LogP contribution < -0.4 is 0 Å². The number of hydrogen-bond donors (Lipinski definition) is 0. The summed E-state index contributed by atoms with van der Waals surface area (Å²) in [5, 5.41) is 0.793. The maximum absolute atomic E-state index is 13.4. The summed E-state index contributed by atoms with van der Waals surface area (Å²) in [4.78, 5) is 3.22. The average molecular weight is 431 g/mol. The van der Waals surface area contributed by atoms with Crippen LogP contribution in [-0.4, -0.2) is 31.0 Å². The summed E-state index contributed by atoms with van der Waals surface area (Å²) in [6.45, 7) is 4.14. The fraction of sp³-hybridized carbons (Fsp3) is 0.231. The standard InChI is InChI=1S/C26H26N2O2S/c1-20(21-10-4-2-5-11-21)27-17-16-22(18-27)28-19-26(24-14-8-9-15-25(24)28)31(29,30)23-12-6-3-7-13-23/h2-15,19-20,22H,16-18H2,1H3. The van der Waals surface area contributed by atoms with Crippen LogP contribution in [0.1, 0.15) is 31.0 Å². The van der Waals surface area contributed by atoms with E-state index in [9.17, 15) is 8.42 Å². The Kier molecular flexibility index (Phi) is 5.16. The van der Waals surface area contributed by atoms with E-state index >= 15 is 0 Å². The second-order valence-corrected chi connectivity index (χ2v) is 10.2. The molecule has 1 saturated heterocycles. The predicted molar refractivity (Wildman–Crippen MR) is 124 cm³/mol. The van der Waals surface area contributed by atoms with Gasteiger partial charge in [0.15, 0.2) is 0 Å². The van der Waals surface area contributed by atoms with Crippen LogP contribution in [0.4, 0.5) is 0 Å². The third-order valence-electron chi connectivity index (χ3n) is 6.46. The van der Waals surface area contributed by atoms with Gasteiger partial charge in [0.1, 0.15) is 0 Å². The van der Waals surface area contributed by atoms with Gasteiger partial charge in [0.25, 0.3) is 0 Å². The summed E-state index contributed by atoms with van der Waals surface area (Å²) in [5.74, 6) is 0. The quantitative estimate of drug-likeness (QED) is 0.421. The number of fused-ring (bicyclic) bond motifs is 1. The van der Waals surface area contributed by atoms with Gasteiger partial charge >= 0.3 is 0 Å². The number of hydrogen-bond acceptors (Lipinski definition) is 3. The number of aromatic nitrogens is 1. The largest absolute Gasteiger partial charge is 0.342 e. The molecule has 1 fully saturated rings. The van der Waals surface area contributed by atoms with Gasteiger partial charge < -0.3 is 4.57 Å². The lowest BCUT2D eigenvalue weighted by molar-refractivity contribution is 0.253. The first kappa shape index (κ1) is 20.0.